The molecule has 10 rings (SSSR count). The third kappa shape index (κ3) is 8.23. The van der Waals surface area contributed by atoms with E-state index in [-0.39, 0.29) is 23.7 Å². The van der Waals surface area contributed by atoms with Crippen molar-refractivity contribution in [3.8, 4) is 45.0 Å². The standard InChI is InChI=1S/C52H46N8/c1-5-17-53-45(9-1)35-13-21-57-49(31-35)41-25-39(26-42(29-41)50-32-36(14-22-58-50)46-10-2-6-18-54-46)40-27-43(51-33-37(15-23-59-51)47-11-3-7-19-55-47)30-44(28-40)52-34-38(16-24-60-52)48-12-4-8-20-56-48/h1-24,31-34,39-44H,25-30H2. The number of pyridine rings is 8. The van der Waals surface area contributed by atoms with Crippen LogP contribution in [0.3, 0.4) is 0 Å². The Morgan fingerprint density at radius 2 is 0.533 bits per heavy atom. The first kappa shape index (κ1) is 37.5. The lowest BCUT2D eigenvalue weighted by Crippen LogP contribution is -2.32. The summed E-state index contributed by atoms with van der Waals surface area (Å²) in [5, 5.41) is 0. The molecule has 2 aliphatic rings. The molecule has 0 radical (unpaired) electrons. The zero-order valence-corrected chi connectivity index (χ0v) is 33.5. The SMILES string of the molecule is c1ccc(-c2ccnc(C3CC(c4cc(-c5ccccn5)ccn4)CC(C4CC(c5cc(-c6ccccn6)ccn5)CC(c5cc(-c6ccccn6)ccn5)C4)C3)c2)nc1. The van der Waals surface area contributed by atoms with Gasteiger partial charge in [0.2, 0.25) is 0 Å². The lowest BCUT2D eigenvalue weighted by Gasteiger charge is -2.43. The summed E-state index contributed by atoms with van der Waals surface area (Å²) in [6.07, 6.45) is 21.5. The summed E-state index contributed by atoms with van der Waals surface area (Å²) in [5.41, 5.74) is 12.8. The van der Waals surface area contributed by atoms with E-state index in [4.69, 9.17) is 19.9 Å². The van der Waals surface area contributed by atoms with Crippen molar-refractivity contribution in [2.24, 2.45) is 11.8 Å². The first-order valence-electron chi connectivity index (χ1n) is 21.2. The molecule has 0 amide bonds. The van der Waals surface area contributed by atoms with Crippen LogP contribution in [0.4, 0.5) is 0 Å². The number of rotatable bonds is 9. The van der Waals surface area contributed by atoms with Gasteiger partial charge in [0.15, 0.2) is 0 Å². The van der Waals surface area contributed by atoms with Crippen LogP contribution in [-0.4, -0.2) is 39.9 Å². The van der Waals surface area contributed by atoms with Crippen LogP contribution in [0.25, 0.3) is 45.0 Å². The van der Waals surface area contributed by atoms with E-state index in [2.05, 4.69) is 92.7 Å². The van der Waals surface area contributed by atoms with Crippen molar-refractivity contribution in [3.05, 3.63) is 194 Å². The molecule has 8 nitrogen and oxygen atoms in total. The monoisotopic (exact) mass is 782 g/mol. The maximum absolute atomic E-state index is 5.07. The van der Waals surface area contributed by atoms with Crippen LogP contribution in [0.1, 0.15) is 85.0 Å². The molecule has 8 aromatic heterocycles. The Hall–Kier alpha value is -6.80. The Labute approximate surface area is 351 Å². The quantitative estimate of drug-likeness (QED) is 0.143. The third-order valence-corrected chi connectivity index (χ3v) is 12.8. The molecule has 2 aliphatic carbocycles. The van der Waals surface area contributed by atoms with Gasteiger partial charge in [0.1, 0.15) is 0 Å². The second kappa shape index (κ2) is 17.2. The number of hydrogen-bond donors (Lipinski definition) is 0. The molecule has 0 bridgehead atoms. The molecule has 4 unspecified atom stereocenters. The minimum atomic E-state index is 0.257. The summed E-state index contributed by atoms with van der Waals surface area (Å²) >= 11 is 0. The molecule has 8 aromatic rings. The van der Waals surface area contributed by atoms with Gasteiger partial charge in [0.05, 0.1) is 22.8 Å². The van der Waals surface area contributed by atoms with Crippen LogP contribution < -0.4 is 0 Å². The van der Waals surface area contributed by atoms with E-state index in [1.165, 1.54) is 0 Å². The van der Waals surface area contributed by atoms with E-state index < -0.39 is 0 Å². The first-order valence-corrected chi connectivity index (χ1v) is 21.2. The Bertz CT molecular complexity index is 2290. The lowest BCUT2D eigenvalue weighted by atomic mass is 9.61. The second-order valence-electron chi connectivity index (χ2n) is 16.5. The minimum absolute atomic E-state index is 0.257. The molecule has 0 saturated heterocycles. The van der Waals surface area contributed by atoms with Crippen LogP contribution in [0.2, 0.25) is 0 Å². The van der Waals surface area contributed by atoms with Crippen molar-refractivity contribution in [1.82, 2.24) is 39.9 Å². The van der Waals surface area contributed by atoms with Crippen molar-refractivity contribution in [2.75, 3.05) is 0 Å². The van der Waals surface area contributed by atoms with Crippen LogP contribution in [0, 0.1) is 11.8 Å². The van der Waals surface area contributed by atoms with Crippen LogP contribution in [0.15, 0.2) is 171 Å². The van der Waals surface area contributed by atoms with Crippen LogP contribution in [-0.2, 0) is 0 Å². The lowest BCUT2D eigenvalue weighted by molar-refractivity contribution is 0.144. The van der Waals surface area contributed by atoms with Gasteiger partial charge in [0, 0.05) is 118 Å². The van der Waals surface area contributed by atoms with E-state index in [1.807, 2.05) is 98.1 Å². The molecule has 4 atom stereocenters. The van der Waals surface area contributed by atoms with E-state index >= 15 is 0 Å². The Morgan fingerprint density at radius 1 is 0.267 bits per heavy atom. The number of aromatic nitrogens is 8. The van der Waals surface area contributed by atoms with Gasteiger partial charge in [-0.1, -0.05) is 24.3 Å². The zero-order chi connectivity index (χ0) is 40.1. The van der Waals surface area contributed by atoms with E-state index in [0.29, 0.717) is 11.8 Å². The number of nitrogens with zero attached hydrogens (tertiary/aromatic N) is 8. The molecule has 0 N–H and O–H groups in total. The summed E-state index contributed by atoms with van der Waals surface area (Å²) in [6.45, 7) is 0. The van der Waals surface area contributed by atoms with Crippen LogP contribution in [0.5, 0.6) is 0 Å². The Morgan fingerprint density at radius 3 is 0.767 bits per heavy atom. The summed E-state index contributed by atoms with van der Waals surface area (Å²) in [5.74, 6) is 1.89. The van der Waals surface area contributed by atoms with Gasteiger partial charge in [-0.15, -0.1) is 0 Å². The van der Waals surface area contributed by atoms with Crippen molar-refractivity contribution in [1.29, 1.82) is 0 Å². The highest BCUT2D eigenvalue weighted by Gasteiger charge is 2.41. The summed E-state index contributed by atoms with van der Waals surface area (Å²) < 4.78 is 0. The van der Waals surface area contributed by atoms with E-state index in [1.54, 1.807) is 0 Å². The third-order valence-electron chi connectivity index (χ3n) is 12.8. The maximum Gasteiger partial charge on any atom is 0.0703 e. The molecule has 8 heteroatoms. The highest BCUT2D eigenvalue weighted by Crippen LogP contribution is 2.53. The fraction of sp³-hybridized carbons (Fsp3) is 0.231. The molecular formula is C52H46N8. The fourth-order valence-electron chi connectivity index (χ4n) is 9.92. The molecule has 8 heterocycles. The largest absolute Gasteiger partial charge is 0.261 e. The predicted octanol–water partition coefficient (Wildman–Crippen LogP) is 11.5. The molecule has 0 aliphatic heterocycles. The van der Waals surface area contributed by atoms with Gasteiger partial charge >= 0.3 is 0 Å². The van der Waals surface area contributed by atoms with Crippen molar-refractivity contribution in [3.63, 3.8) is 0 Å². The van der Waals surface area contributed by atoms with Crippen LogP contribution >= 0.6 is 0 Å². The highest BCUT2D eigenvalue weighted by molar-refractivity contribution is 5.61. The van der Waals surface area contributed by atoms with Crippen molar-refractivity contribution >= 4 is 0 Å². The topological polar surface area (TPSA) is 103 Å². The molecule has 0 aromatic carbocycles. The number of hydrogen-bond acceptors (Lipinski definition) is 8. The summed E-state index contributed by atoms with van der Waals surface area (Å²) in [6, 6.07) is 41.8. The van der Waals surface area contributed by atoms with Gasteiger partial charge in [-0.2, -0.15) is 0 Å². The molecular weight excluding hydrogens is 737 g/mol. The summed E-state index contributed by atoms with van der Waals surface area (Å²) in [4.78, 5) is 39.0. The molecule has 2 fully saturated rings. The fourth-order valence-corrected chi connectivity index (χ4v) is 9.92. The normalized spacial score (nSPS) is 21.6. The molecule has 0 spiro atoms. The maximum atomic E-state index is 5.07. The molecule has 60 heavy (non-hydrogen) atoms. The van der Waals surface area contributed by atoms with Gasteiger partial charge in [-0.3, -0.25) is 39.9 Å². The van der Waals surface area contributed by atoms with Gasteiger partial charge in [-0.25, -0.2) is 0 Å². The Kier molecular flexibility index (Phi) is 10.7. The van der Waals surface area contributed by atoms with Gasteiger partial charge in [-0.05, 0) is 147 Å². The zero-order valence-electron chi connectivity index (χ0n) is 33.5. The average molecular weight is 783 g/mol. The average Bonchev–Trinajstić information content (AvgIpc) is 3.35. The molecule has 294 valence electrons. The Balaban J connectivity index is 1.03. The first-order chi connectivity index (χ1) is 29.7. The minimum Gasteiger partial charge on any atom is -0.261 e. The van der Waals surface area contributed by atoms with Gasteiger partial charge < -0.3 is 0 Å². The van der Waals surface area contributed by atoms with E-state index in [0.717, 1.165) is 106 Å². The van der Waals surface area contributed by atoms with Crippen molar-refractivity contribution < 1.29 is 0 Å². The van der Waals surface area contributed by atoms with Gasteiger partial charge in [0.25, 0.3) is 0 Å². The second-order valence-corrected chi connectivity index (χ2v) is 16.5. The smallest absolute Gasteiger partial charge is 0.0703 e. The highest BCUT2D eigenvalue weighted by atomic mass is 14.8. The summed E-state index contributed by atoms with van der Waals surface area (Å²) in [7, 11) is 0. The van der Waals surface area contributed by atoms with E-state index in [9.17, 15) is 0 Å². The molecule has 2 saturated carbocycles. The van der Waals surface area contributed by atoms with Crippen molar-refractivity contribution in [2.45, 2.75) is 62.2 Å². The predicted molar refractivity (Wildman–Crippen MR) is 236 cm³/mol.